The first-order chi connectivity index (χ1) is 35.6. The first-order valence-electron chi connectivity index (χ1n) is 30.8. The minimum atomic E-state index is -0.560. The van der Waals surface area contributed by atoms with Gasteiger partial charge in [-0.05, 0) is 122 Å². The number of unbranched alkanes of at least 4 members (excludes halogenated alkanes) is 29. The summed E-state index contributed by atoms with van der Waals surface area (Å²) in [5.74, 6) is -0.435. The zero-order valence-electron chi connectivity index (χ0n) is 47.7. The Morgan fingerprint density at radius 1 is 0.319 bits per heavy atom. The van der Waals surface area contributed by atoms with Crippen LogP contribution in [0.1, 0.15) is 290 Å². The Balaban J connectivity index is 4.35. The van der Waals surface area contributed by atoms with Crippen LogP contribution in [-0.4, -0.2) is 37.9 Å². The predicted octanol–water partition coefficient (Wildman–Crippen LogP) is 21.4. The Kier molecular flexibility index (Phi) is 59.4. The molecule has 1 atom stereocenters. The van der Waals surface area contributed by atoms with Gasteiger partial charge in [0.05, 0.1) is 6.61 Å². The van der Waals surface area contributed by atoms with Crippen LogP contribution in [0.3, 0.4) is 0 Å². The Hall–Kier alpha value is -3.18. The highest BCUT2D eigenvalue weighted by molar-refractivity contribution is 5.70. The fourth-order valence-electron chi connectivity index (χ4n) is 8.50. The van der Waals surface area contributed by atoms with Crippen LogP contribution < -0.4 is 0 Å². The van der Waals surface area contributed by atoms with Crippen molar-refractivity contribution in [2.24, 2.45) is 0 Å². The molecule has 0 aromatic carbocycles. The summed E-state index contributed by atoms with van der Waals surface area (Å²) in [6.07, 6.45) is 84.3. The van der Waals surface area contributed by atoms with E-state index in [1.165, 1.54) is 161 Å². The fourth-order valence-corrected chi connectivity index (χ4v) is 8.50. The maximum Gasteiger partial charge on any atom is 0.306 e. The Morgan fingerprint density at radius 3 is 1.06 bits per heavy atom. The van der Waals surface area contributed by atoms with Crippen molar-refractivity contribution in [1.29, 1.82) is 0 Å². The van der Waals surface area contributed by atoms with Gasteiger partial charge in [0.15, 0.2) is 6.10 Å². The van der Waals surface area contributed by atoms with E-state index in [1.807, 2.05) is 0 Å². The van der Waals surface area contributed by atoms with Crippen molar-refractivity contribution < 1.29 is 23.8 Å². The van der Waals surface area contributed by atoms with E-state index < -0.39 is 6.10 Å². The maximum absolute atomic E-state index is 12.9. The van der Waals surface area contributed by atoms with Gasteiger partial charge in [-0.1, -0.05) is 253 Å². The van der Waals surface area contributed by atoms with Gasteiger partial charge in [-0.25, -0.2) is 0 Å². The number of hydrogen-bond acceptors (Lipinski definition) is 5. The largest absolute Gasteiger partial charge is 0.462 e. The third-order valence-electron chi connectivity index (χ3n) is 13.1. The van der Waals surface area contributed by atoms with Crippen molar-refractivity contribution in [1.82, 2.24) is 0 Å². The molecule has 0 aliphatic rings. The lowest BCUT2D eigenvalue weighted by atomic mass is 10.1. The van der Waals surface area contributed by atoms with Crippen molar-refractivity contribution in [3.05, 3.63) is 97.2 Å². The van der Waals surface area contributed by atoms with Gasteiger partial charge in [0, 0.05) is 19.4 Å². The molecule has 0 amide bonds. The third-order valence-corrected chi connectivity index (χ3v) is 13.1. The van der Waals surface area contributed by atoms with Crippen molar-refractivity contribution in [3.63, 3.8) is 0 Å². The molecule has 0 N–H and O–H groups in total. The molecule has 0 spiro atoms. The molecule has 0 aliphatic carbocycles. The van der Waals surface area contributed by atoms with Crippen molar-refractivity contribution in [2.45, 2.75) is 297 Å². The molecule has 0 rings (SSSR count). The Labute approximate surface area is 447 Å². The highest BCUT2D eigenvalue weighted by Crippen LogP contribution is 2.15. The minimum Gasteiger partial charge on any atom is -0.462 e. The molecule has 0 radical (unpaired) electrons. The first-order valence-corrected chi connectivity index (χ1v) is 30.8. The standard InChI is InChI=1S/C67H116O5/c1-4-7-10-13-16-19-22-25-28-31-33-35-38-41-44-47-50-53-56-59-62-70-63-65(72-67(69)61-58-55-52-49-46-43-40-36-30-27-24-21-18-15-12-9-6-3)64-71-66(68)60-57-54-51-48-45-42-39-37-34-32-29-26-23-20-17-14-11-8-5-2/h8,11,16-17,19-20,25-30,34,37,42,45,65H,4-7,9-10,12-15,18,21-24,31-33,35-36,38-41,43-44,46-64H2,1-3H3/b11-8-,19-16-,20-17-,28-25-,29-26-,30-27-,37-34-,45-42-. The zero-order chi connectivity index (χ0) is 52.0. The van der Waals surface area contributed by atoms with E-state index in [0.717, 1.165) is 96.3 Å². The van der Waals surface area contributed by atoms with E-state index >= 15 is 0 Å². The summed E-state index contributed by atoms with van der Waals surface area (Å²) in [7, 11) is 0. The van der Waals surface area contributed by atoms with Crippen LogP contribution >= 0.6 is 0 Å². The molecule has 0 heterocycles. The van der Waals surface area contributed by atoms with Crippen LogP contribution in [0.4, 0.5) is 0 Å². The second-order valence-electron chi connectivity index (χ2n) is 20.2. The molecule has 0 aliphatic heterocycles. The molecular weight excluding hydrogens is 885 g/mol. The van der Waals surface area contributed by atoms with Gasteiger partial charge in [-0.15, -0.1) is 0 Å². The van der Waals surface area contributed by atoms with E-state index in [-0.39, 0.29) is 25.2 Å². The van der Waals surface area contributed by atoms with Gasteiger partial charge < -0.3 is 14.2 Å². The van der Waals surface area contributed by atoms with Crippen LogP contribution in [0.25, 0.3) is 0 Å². The van der Waals surface area contributed by atoms with Crippen LogP contribution in [0, 0.1) is 0 Å². The second-order valence-corrected chi connectivity index (χ2v) is 20.2. The van der Waals surface area contributed by atoms with E-state index in [4.69, 9.17) is 14.2 Å². The molecule has 0 saturated carbocycles. The molecule has 0 fully saturated rings. The number of esters is 2. The predicted molar refractivity (Wildman–Crippen MR) is 316 cm³/mol. The van der Waals surface area contributed by atoms with Gasteiger partial charge in [-0.3, -0.25) is 9.59 Å². The summed E-state index contributed by atoms with van der Waals surface area (Å²) >= 11 is 0. The maximum atomic E-state index is 12.9. The Morgan fingerprint density at radius 2 is 0.625 bits per heavy atom. The number of rotatable bonds is 56. The molecule has 72 heavy (non-hydrogen) atoms. The molecule has 414 valence electrons. The lowest BCUT2D eigenvalue weighted by Crippen LogP contribution is -2.30. The highest BCUT2D eigenvalue weighted by atomic mass is 16.6. The molecule has 0 saturated heterocycles. The van der Waals surface area contributed by atoms with E-state index in [2.05, 4.69) is 118 Å². The average molecular weight is 1000 g/mol. The van der Waals surface area contributed by atoms with Gasteiger partial charge in [-0.2, -0.15) is 0 Å². The number of hydrogen-bond donors (Lipinski definition) is 0. The Bertz CT molecular complexity index is 1360. The summed E-state index contributed by atoms with van der Waals surface area (Å²) in [6, 6.07) is 0. The van der Waals surface area contributed by atoms with Gasteiger partial charge in [0.1, 0.15) is 6.61 Å². The molecule has 1 unspecified atom stereocenters. The van der Waals surface area contributed by atoms with E-state index in [0.29, 0.717) is 19.4 Å². The summed E-state index contributed by atoms with van der Waals surface area (Å²) in [4.78, 5) is 25.6. The van der Waals surface area contributed by atoms with E-state index in [9.17, 15) is 9.59 Å². The monoisotopic (exact) mass is 1000 g/mol. The van der Waals surface area contributed by atoms with Crippen molar-refractivity contribution in [2.75, 3.05) is 19.8 Å². The first kappa shape index (κ1) is 68.8. The molecule has 0 aromatic heterocycles. The quantitative estimate of drug-likeness (QED) is 0.0345. The summed E-state index contributed by atoms with van der Waals surface area (Å²) in [5, 5.41) is 0. The zero-order valence-corrected chi connectivity index (χ0v) is 47.7. The normalized spacial score (nSPS) is 12.9. The lowest BCUT2D eigenvalue weighted by Gasteiger charge is -2.18. The number of ether oxygens (including phenoxy) is 3. The minimum absolute atomic E-state index is 0.0619. The molecule has 5 nitrogen and oxygen atoms in total. The van der Waals surface area contributed by atoms with Gasteiger partial charge in [0.25, 0.3) is 0 Å². The smallest absolute Gasteiger partial charge is 0.306 e. The van der Waals surface area contributed by atoms with Crippen LogP contribution in [0.5, 0.6) is 0 Å². The molecule has 5 heteroatoms. The van der Waals surface area contributed by atoms with Gasteiger partial charge >= 0.3 is 11.9 Å². The van der Waals surface area contributed by atoms with Gasteiger partial charge in [0.2, 0.25) is 0 Å². The summed E-state index contributed by atoms with van der Waals surface area (Å²) in [5.41, 5.74) is 0. The summed E-state index contributed by atoms with van der Waals surface area (Å²) in [6.45, 7) is 7.67. The van der Waals surface area contributed by atoms with E-state index in [1.54, 1.807) is 0 Å². The number of allylic oxidation sites excluding steroid dienone is 16. The van der Waals surface area contributed by atoms with Crippen LogP contribution in [-0.2, 0) is 23.8 Å². The van der Waals surface area contributed by atoms with Crippen molar-refractivity contribution in [3.8, 4) is 0 Å². The number of carbonyl (C=O) groups is 2. The second kappa shape index (κ2) is 62.1. The van der Waals surface area contributed by atoms with Crippen molar-refractivity contribution >= 4 is 11.9 Å². The number of carbonyl (C=O) groups excluding carboxylic acids is 2. The topological polar surface area (TPSA) is 61.8 Å². The van der Waals surface area contributed by atoms with Crippen LogP contribution in [0.15, 0.2) is 97.2 Å². The molecule has 0 aromatic rings. The highest BCUT2D eigenvalue weighted by Gasteiger charge is 2.17. The molecule has 0 bridgehead atoms. The third kappa shape index (κ3) is 59.4. The molecular formula is C67H116O5. The summed E-state index contributed by atoms with van der Waals surface area (Å²) < 4.78 is 17.5. The lowest BCUT2D eigenvalue weighted by molar-refractivity contribution is -0.163. The SMILES string of the molecule is CC/C=C\C/C=C\C/C=C\C/C=C\C/C=C\CCCCCC(=O)OCC(COCCCCCCCCCCCC/C=C\C/C=C\CCCCC)OC(=O)CCCCCCCCC/C=C\CCCCCCCC. The average Bonchev–Trinajstić information content (AvgIpc) is 3.38. The fraction of sp³-hybridized carbons (Fsp3) is 0.731. The van der Waals surface area contributed by atoms with Crippen LogP contribution in [0.2, 0.25) is 0 Å².